The first-order chi connectivity index (χ1) is 11.0. The van der Waals surface area contributed by atoms with E-state index < -0.39 is 23.5 Å². The lowest BCUT2D eigenvalue weighted by molar-refractivity contribution is -0.128. The van der Waals surface area contributed by atoms with Crippen molar-refractivity contribution in [3.05, 3.63) is 42.0 Å². The van der Waals surface area contributed by atoms with E-state index in [2.05, 4.69) is 0 Å². The number of aliphatic hydroxyl groups is 1. The van der Waals surface area contributed by atoms with E-state index >= 15 is 0 Å². The van der Waals surface area contributed by atoms with Crippen LogP contribution in [0.2, 0.25) is 0 Å². The van der Waals surface area contributed by atoms with Gasteiger partial charge in [0.05, 0.1) is 30.2 Å². The molecule has 23 heavy (non-hydrogen) atoms. The van der Waals surface area contributed by atoms with E-state index in [1.54, 1.807) is 36.4 Å². The number of hydrogen-bond acceptors (Lipinski definition) is 5. The van der Waals surface area contributed by atoms with Crippen LogP contribution in [0.5, 0.6) is 0 Å². The Bertz CT molecular complexity index is 753. The van der Waals surface area contributed by atoms with Gasteiger partial charge in [-0.15, -0.1) is 0 Å². The van der Waals surface area contributed by atoms with Gasteiger partial charge in [-0.2, -0.15) is 0 Å². The van der Waals surface area contributed by atoms with E-state index in [0.717, 1.165) is 4.90 Å². The first-order valence-electron chi connectivity index (χ1n) is 7.45. The summed E-state index contributed by atoms with van der Waals surface area (Å²) in [5.74, 6) is -2.05. The van der Waals surface area contributed by atoms with Crippen LogP contribution in [0.15, 0.2) is 36.4 Å². The molecule has 6 nitrogen and oxygen atoms in total. The van der Waals surface area contributed by atoms with Gasteiger partial charge in [0.15, 0.2) is 5.78 Å². The summed E-state index contributed by atoms with van der Waals surface area (Å²) < 4.78 is 5.68. The van der Waals surface area contributed by atoms with Crippen molar-refractivity contribution >= 4 is 23.3 Å². The highest BCUT2D eigenvalue weighted by Crippen LogP contribution is 2.52. The molecule has 1 N–H and O–H groups in total. The normalized spacial score (nSPS) is 34.3. The number of benzene rings is 1. The fourth-order valence-electron chi connectivity index (χ4n) is 3.78. The van der Waals surface area contributed by atoms with Crippen LogP contribution < -0.4 is 4.90 Å². The molecular weight excluding hydrogens is 298 g/mol. The van der Waals surface area contributed by atoms with Gasteiger partial charge in [-0.05, 0) is 31.2 Å². The number of anilines is 1. The van der Waals surface area contributed by atoms with Gasteiger partial charge in [0.1, 0.15) is 5.60 Å². The number of fused-ring (bicyclic) bond motifs is 5. The maximum absolute atomic E-state index is 12.8. The highest BCUT2D eigenvalue weighted by Gasteiger charge is 2.67. The highest BCUT2D eigenvalue weighted by molar-refractivity contribution is 6.23. The minimum absolute atomic E-state index is 0.0811. The fourth-order valence-corrected chi connectivity index (χ4v) is 3.78. The van der Waals surface area contributed by atoms with Crippen LogP contribution in [0.4, 0.5) is 5.69 Å². The molecule has 2 amide bonds. The Kier molecular flexibility index (Phi) is 2.86. The third-order valence-electron chi connectivity index (χ3n) is 4.93. The quantitative estimate of drug-likeness (QED) is 0.504. The van der Waals surface area contributed by atoms with E-state index in [-0.39, 0.29) is 24.2 Å². The summed E-state index contributed by atoms with van der Waals surface area (Å²) in [6.07, 6.45) is 2.96. The number of hydrogen-bond donors (Lipinski definition) is 1. The van der Waals surface area contributed by atoms with Crippen molar-refractivity contribution in [1.29, 1.82) is 0 Å². The third-order valence-corrected chi connectivity index (χ3v) is 4.93. The molecule has 3 heterocycles. The highest BCUT2D eigenvalue weighted by atomic mass is 16.5. The average Bonchev–Trinajstić information content (AvgIpc) is 3.19. The summed E-state index contributed by atoms with van der Waals surface area (Å²) in [6, 6.07) is 6.37. The van der Waals surface area contributed by atoms with E-state index in [4.69, 9.17) is 4.74 Å². The topological polar surface area (TPSA) is 83.9 Å². The van der Waals surface area contributed by atoms with Crippen molar-refractivity contribution in [3.8, 4) is 0 Å². The standard InChI is InChI=1S/C17H15NO5/c1-9(20)10-2-4-11(5-3-10)18-15(21)13-12-6-7-17(8-19,23-12)14(13)16(18)22/h2-7,12-14,19H,8H2,1H3/t12-,13-,14+,17-/m0/s1. The summed E-state index contributed by atoms with van der Waals surface area (Å²) >= 11 is 0. The van der Waals surface area contributed by atoms with Gasteiger partial charge in [0.25, 0.3) is 0 Å². The molecule has 0 aromatic heterocycles. The van der Waals surface area contributed by atoms with Crippen molar-refractivity contribution in [2.75, 3.05) is 11.5 Å². The lowest BCUT2D eigenvalue weighted by Crippen LogP contribution is -2.43. The Morgan fingerprint density at radius 2 is 1.96 bits per heavy atom. The number of Topliss-reactive ketones (excluding diaryl/α,β-unsaturated/α-hetero) is 1. The van der Waals surface area contributed by atoms with Gasteiger partial charge in [-0.1, -0.05) is 12.2 Å². The molecule has 0 spiro atoms. The molecule has 2 fully saturated rings. The van der Waals surface area contributed by atoms with Crippen LogP contribution in [0, 0.1) is 11.8 Å². The zero-order chi connectivity index (χ0) is 16.4. The second kappa shape index (κ2) is 4.59. The molecule has 2 saturated heterocycles. The number of nitrogens with zero attached hydrogens (tertiary/aromatic N) is 1. The number of carbonyl (C=O) groups is 3. The first kappa shape index (κ1) is 14.3. The molecule has 1 aromatic rings. The zero-order valence-corrected chi connectivity index (χ0v) is 12.4. The van der Waals surface area contributed by atoms with Gasteiger partial charge in [-0.3, -0.25) is 14.4 Å². The molecule has 3 aliphatic heterocycles. The summed E-state index contributed by atoms with van der Waals surface area (Å²) in [5, 5.41) is 9.65. The molecular formula is C17H15NO5. The van der Waals surface area contributed by atoms with Gasteiger partial charge in [0, 0.05) is 5.56 Å². The molecule has 118 valence electrons. The van der Waals surface area contributed by atoms with Crippen LogP contribution >= 0.6 is 0 Å². The minimum Gasteiger partial charge on any atom is -0.393 e. The average molecular weight is 313 g/mol. The summed E-state index contributed by atoms with van der Waals surface area (Å²) in [5.41, 5.74) is -0.132. The van der Waals surface area contributed by atoms with Gasteiger partial charge >= 0.3 is 0 Å². The number of aliphatic hydroxyl groups excluding tert-OH is 1. The second-order valence-electron chi connectivity index (χ2n) is 6.17. The zero-order valence-electron chi connectivity index (χ0n) is 12.4. The van der Waals surface area contributed by atoms with Crippen molar-refractivity contribution < 1.29 is 24.2 Å². The number of carbonyl (C=O) groups excluding carboxylic acids is 3. The number of rotatable bonds is 3. The van der Waals surface area contributed by atoms with Crippen LogP contribution in [-0.4, -0.2) is 41.0 Å². The molecule has 3 aliphatic rings. The Morgan fingerprint density at radius 1 is 1.26 bits per heavy atom. The minimum atomic E-state index is -1.09. The molecule has 2 bridgehead atoms. The Hall–Kier alpha value is -2.31. The Morgan fingerprint density at radius 3 is 2.57 bits per heavy atom. The molecule has 0 aliphatic carbocycles. The Balaban J connectivity index is 1.72. The van der Waals surface area contributed by atoms with Crippen molar-refractivity contribution in [1.82, 2.24) is 0 Å². The summed E-state index contributed by atoms with van der Waals surface area (Å²) in [6.45, 7) is 1.12. The fraction of sp³-hybridized carbons (Fsp3) is 0.353. The van der Waals surface area contributed by atoms with Gasteiger partial charge in [-0.25, -0.2) is 4.90 Å². The van der Waals surface area contributed by atoms with Crippen LogP contribution in [-0.2, 0) is 14.3 Å². The molecule has 0 saturated carbocycles. The van der Waals surface area contributed by atoms with Crippen LogP contribution in [0.1, 0.15) is 17.3 Å². The number of ether oxygens (including phenoxy) is 1. The lowest BCUT2D eigenvalue weighted by atomic mass is 9.77. The smallest absolute Gasteiger partial charge is 0.241 e. The largest absolute Gasteiger partial charge is 0.393 e. The Labute approximate surface area is 132 Å². The second-order valence-corrected chi connectivity index (χ2v) is 6.17. The van der Waals surface area contributed by atoms with Gasteiger partial charge in [0.2, 0.25) is 11.8 Å². The monoisotopic (exact) mass is 313 g/mol. The number of amides is 2. The van der Waals surface area contributed by atoms with E-state index in [1.807, 2.05) is 0 Å². The van der Waals surface area contributed by atoms with Crippen molar-refractivity contribution in [3.63, 3.8) is 0 Å². The third kappa shape index (κ3) is 1.73. The number of imide groups is 1. The maximum atomic E-state index is 12.8. The predicted molar refractivity (Wildman–Crippen MR) is 79.7 cm³/mol. The molecule has 0 unspecified atom stereocenters. The van der Waals surface area contributed by atoms with Crippen molar-refractivity contribution in [2.24, 2.45) is 11.8 Å². The summed E-state index contributed by atoms with van der Waals surface area (Å²) in [4.78, 5) is 38.0. The molecule has 4 rings (SSSR count). The molecule has 4 atom stereocenters. The summed E-state index contributed by atoms with van der Waals surface area (Å²) in [7, 11) is 0. The lowest BCUT2D eigenvalue weighted by Gasteiger charge is -2.26. The maximum Gasteiger partial charge on any atom is 0.241 e. The van der Waals surface area contributed by atoms with E-state index in [9.17, 15) is 19.5 Å². The van der Waals surface area contributed by atoms with Gasteiger partial charge < -0.3 is 9.84 Å². The molecule has 1 aromatic carbocycles. The van der Waals surface area contributed by atoms with Crippen molar-refractivity contribution in [2.45, 2.75) is 18.6 Å². The molecule has 6 heteroatoms. The van der Waals surface area contributed by atoms with Crippen LogP contribution in [0.3, 0.4) is 0 Å². The first-order valence-corrected chi connectivity index (χ1v) is 7.45. The SMILES string of the molecule is CC(=O)c1ccc(N2C(=O)[C@H]3[C@@H]4C=C[C@@](CO)(O4)[C@H]3C2=O)cc1. The van der Waals surface area contributed by atoms with E-state index in [1.165, 1.54) is 6.92 Å². The molecule has 0 radical (unpaired) electrons. The number of ketones is 1. The van der Waals surface area contributed by atoms with Crippen LogP contribution in [0.25, 0.3) is 0 Å². The predicted octanol–water partition coefficient (Wildman–Crippen LogP) is 0.694. The van der Waals surface area contributed by atoms with E-state index in [0.29, 0.717) is 11.3 Å².